The van der Waals surface area contributed by atoms with Crippen molar-refractivity contribution >= 4 is 17.4 Å². The number of pyridine rings is 1. The van der Waals surface area contributed by atoms with Crippen molar-refractivity contribution in [2.24, 2.45) is 0 Å². The first kappa shape index (κ1) is 13.0. The van der Waals surface area contributed by atoms with Crippen molar-refractivity contribution in [2.75, 3.05) is 17.7 Å². The molecule has 0 spiro atoms. The van der Waals surface area contributed by atoms with Crippen molar-refractivity contribution < 1.29 is 9.18 Å². The van der Waals surface area contributed by atoms with Gasteiger partial charge in [-0.2, -0.15) is 0 Å². The molecular formula is C14H14FN3O. The number of benzene rings is 1. The van der Waals surface area contributed by atoms with Crippen LogP contribution in [0, 0.1) is 12.7 Å². The molecule has 2 N–H and O–H groups in total. The van der Waals surface area contributed by atoms with Crippen LogP contribution < -0.4 is 10.6 Å². The molecule has 0 aliphatic rings. The third kappa shape index (κ3) is 2.88. The number of anilines is 2. The summed E-state index contributed by atoms with van der Waals surface area (Å²) in [6, 6.07) is 8.66. The van der Waals surface area contributed by atoms with Crippen LogP contribution in [0.15, 0.2) is 36.5 Å². The van der Waals surface area contributed by atoms with Crippen LogP contribution in [0.2, 0.25) is 0 Å². The van der Waals surface area contributed by atoms with Gasteiger partial charge in [0, 0.05) is 18.9 Å². The summed E-state index contributed by atoms with van der Waals surface area (Å²) in [4.78, 5) is 15.8. The Balaban J connectivity index is 2.25. The summed E-state index contributed by atoms with van der Waals surface area (Å²) in [5, 5.41) is 5.25. The molecule has 19 heavy (non-hydrogen) atoms. The second-order valence-electron chi connectivity index (χ2n) is 4.09. The Morgan fingerprint density at radius 3 is 2.79 bits per heavy atom. The van der Waals surface area contributed by atoms with Crippen molar-refractivity contribution in [1.29, 1.82) is 0 Å². The molecule has 0 saturated carbocycles. The highest BCUT2D eigenvalue weighted by molar-refractivity contribution is 6.04. The monoisotopic (exact) mass is 259 g/mol. The quantitative estimate of drug-likeness (QED) is 0.891. The minimum Gasteiger partial charge on any atom is -0.371 e. The Morgan fingerprint density at radius 1 is 1.32 bits per heavy atom. The van der Waals surface area contributed by atoms with Gasteiger partial charge in [0.25, 0.3) is 5.91 Å². The molecule has 1 aromatic carbocycles. The number of aryl methyl sites for hydroxylation is 1. The topological polar surface area (TPSA) is 54.0 Å². The molecule has 0 bridgehead atoms. The lowest BCUT2D eigenvalue weighted by Gasteiger charge is -2.08. The van der Waals surface area contributed by atoms with Gasteiger partial charge in [-0.3, -0.25) is 4.79 Å². The molecule has 0 saturated heterocycles. The van der Waals surface area contributed by atoms with Gasteiger partial charge in [-0.25, -0.2) is 9.37 Å². The van der Waals surface area contributed by atoms with Crippen LogP contribution in [-0.4, -0.2) is 17.9 Å². The van der Waals surface area contributed by atoms with Crippen LogP contribution in [0.5, 0.6) is 0 Å². The summed E-state index contributed by atoms with van der Waals surface area (Å²) in [5.41, 5.74) is 1.61. The third-order valence-corrected chi connectivity index (χ3v) is 2.65. The molecule has 1 aromatic heterocycles. The van der Waals surface area contributed by atoms with Crippen LogP contribution in [0.4, 0.5) is 15.9 Å². The molecule has 1 heterocycles. The van der Waals surface area contributed by atoms with Crippen molar-refractivity contribution in [3.8, 4) is 0 Å². The lowest BCUT2D eigenvalue weighted by molar-refractivity contribution is 0.102. The van der Waals surface area contributed by atoms with Crippen LogP contribution in [-0.2, 0) is 0 Å². The number of carbonyl (C=O) groups excluding carboxylic acids is 1. The predicted octanol–water partition coefficient (Wildman–Crippen LogP) is 2.82. The lowest BCUT2D eigenvalue weighted by Crippen LogP contribution is -2.15. The molecule has 0 fully saturated rings. The van der Waals surface area contributed by atoms with Crippen LogP contribution in [0.25, 0.3) is 0 Å². The van der Waals surface area contributed by atoms with E-state index >= 15 is 0 Å². The zero-order chi connectivity index (χ0) is 13.8. The standard InChI is InChI=1S/C14H14FN3O/c1-9-4-3-5-10(8-9)18-14(19)11-6-7-17-13(16-2)12(11)15/h3-8H,1-2H3,(H,16,17)(H,18,19). The number of aromatic nitrogens is 1. The predicted molar refractivity (Wildman–Crippen MR) is 72.9 cm³/mol. The van der Waals surface area contributed by atoms with Gasteiger partial charge in [0.1, 0.15) is 0 Å². The fourth-order valence-electron chi connectivity index (χ4n) is 1.71. The van der Waals surface area contributed by atoms with Gasteiger partial charge >= 0.3 is 0 Å². The number of nitrogens with one attached hydrogen (secondary N) is 2. The van der Waals surface area contributed by atoms with Gasteiger partial charge in [-0.15, -0.1) is 0 Å². The minimum atomic E-state index is -0.657. The minimum absolute atomic E-state index is 0.0409. The van der Waals surface area contributed by atoms with Crippen LogP contribution in [0.1, 0.15) is 15.9 Å². The zero-order valence-electron chi connectivity index (χ0n) is 10.7. The first-order valence-corrected chi connectivity index (χ1v) is 5.82. The number of rotatable bonds is 3. The number of hydrogen-bond donors (Lipinski definition) is 2. The smallest absolute Gasteiger partial charge is 0.258 e. The SMILES string of the molecule is CNc1nccc(C(=O)Nc2cccc(C)c2)c1F. The Bertz CT molecular complexity index is 613. The molecule has 0 aliphatic carbocycles. The Hall–Kier alpha value is -2.43. The third-order valence-electron chi connectivity index (χ3n) is 2.65. The fourth-order valence-corrected chi connectivity index (χ4v) is 1.71. The number of halogens is 1. The second kappa shape index (κ2) is 5.48. The largest absolute Gasteiger partial charge is 0.371 e. The number of nitrogens with zero attached hydrogens (tertiary/aromatic N) is 1. The van der Waals surface area contributed by atoms with E-state index in [1.54, 1.807) is 13.1 Å². The maximum absolute atomic E-state index is 13.9. The van der Waals surface area contributed by atoms with Gasteiger partial charge in [-0.1, -0.05) is 12.1 Å². The first-order chi connectivity index (χ1) is 9.11. The van der Waals surface area contributed by atoms with Gasteiger partial charge in [0.05, 0.1) is 5.56 Å². The number of carbonyl (C=O) groups is 1. The summed E-state index contributed by atoms with van der Waals surface area (Å²) in [7, 11) is 1.55. The second-order valence-corrected chi connectivity index (χ2v) is 4.09. The molecule has 0 unspecified atom stereocenters. The van der Waals surface area contributed by atoms with E-state index in [2.05, 4.69) is 15.6 Å². The normalized spacial score (nSPS) is 10.1. The van der Waals surface area contributed by atoms with Crippen molar-refractivity contribution in [3.05, 3.63) is 53.5 Å². The van der Waals surface area contributed by atoms with Gasteiger partial charge in [-0.05, 0) is 30.7 Å². The van der Waals surface area contributed by atoms with Crippen LogP contribution >= 0.6 is 0 Å². The van der Waals surface area contributed by atoms with E-state index in [9.17, 15) is 9.18 Å². The number of amides is 1. The molecule has 5 heteroatoms. The molecule has 0 aliphatic heterocycles. The lowest BCUT2D eigenvalue weighted by atomic mass is 10.2. The average molecular weight is 259 g/mol. The van der Waals surface area contributed by atoms with Crippen molar-refractivity contribution in [1.82, 2.24) is 4.98 Å². The molecule has 0 radical (unpaired) electrons. The molecule has 2 aromatic rings. The summed E-state index contributed by atoms with van der Waals surface area (Å²) in [6.07, 6.45) is 1.39. The van der Waals surface area contributed by atoms with E-state index in [-0.39, 0.29) is 11.4 Å². The highest BCUT2D eigenvalue weighted by Gasteiger charge is 2.15. The molecule has 2 rings (SSSR count). The van der Waals surface area contributed by atoms with E-state index in [1.165, 1.54) is 12.3 Å². The highest BCUT2D eigenvalue weighted by Crippen LogP contribution is 2.17. The van der Waals surface area contributed by atoms with Crippen molar-refractivity contribution in [3.63, 3.8) is 0 Å². The van der Waals surface area contributed by atoms with Gasteiger partial charge in [0.2, 0.25) is 0 Å². The van der Waals surface area contributed by atoms with Gasteiger partial charge in [0.15, 0.2) is 11.6 Å². The Kier molecular flexibility index (Phi) is 3.75. The molecular weight excluding hydrogens is 245 g/mol. The van der Waals surface area contributed by atoms with Gasteiger partial charge < -0.3 is 10.6 Å². The van der Waals surface area contributed by atoms with Crippen LogP contribution in [0.3, 0.4) is 0 Å². The highest BCUT2D eigenvalue weighted by atomic mass is 19.1. The maximum Gasteiger partial charge on any atom is 0.258 e. The molecule has 4 nitrogen and oxygen atoms in total. The summed E-state index contributed by atoms with van der Waals surface area (Å²) < 4.78 is 13.9. The Labute approximate surface area is 110 Å². The number of hydrogen-bond acceptors (Lipinski definition) is 3. The fraction of sp³-hybridized carbons (Fsp3) is 0.143. The van der Waals surface area contributed by atoms with E-state index < -0.39 is 11.7 Å². The molecule has 98 valence electrons. The first-order valence-electron chi connectivity index (χ1n) is 5.82. The molecule has 0 atom stereocenters. The van der Waals surface area contributed by atoms with E-state index in [0.29, 0.717) is 5.69 Å². The van der Waals surface area contributed by atoms with E-state index in [4.69, 9.17) is 0 Å². The summed E-state index contributed by atoms with van der Waals surface area (Å²) in [6.45, 7) is 1.92. The summed E-state index contributed by atoms with van der Waals surface area (Å²) in [5.74, 6) is -1.10. The maximum atomic E-state index is 13.9. The Morgan fingerprint density at radius 2 is 2.11 bits per heavy atom. The molecule has 1 amide bonds. The van der Waals surface area contributed by atoms with E-state index in [1.807, 2.05) is 25.1 Å². The average Bonchev–Trinajstić information content (AvgIpc) is 2.39. The summed E-state index contributed by atoms with van der Waals surface area (Å²) >= 11 is 0. The van der Waals surface area contributed by atoms with E-state index in [0.717, 1.165) is 5.56 Å². The van der Waals surface area contributed by atoms with Crippen molar-refractivity contribution in [2.45, 2.75) is 6.92 Å². The zero-order valence-corrected chi connectivity index (χ0v) is 10.7.